The smallest absolute Gasteiger partial charge is 0.258 e. The Bertz CT molecular complexity index is 548. The average molecular weight is 205 g/mol. The predicted octanol–water partition coefficient (Wildman–Crippen LogP) is 0.390. The summed E-state index contributed by atoms with van der Waals surface area (Å²) in [5.41, 5.74) is 5.78. The molecule has 3 N–H and O–H groups in total. The number of aromatic amines is 1. The van der Waals surface area contributed by atoms with Crippen LogP contribution >= 0.6 is 0 Å². The number of methoxy groups -OCH3 is 1. The highest BCUT2D eigenvalue weighted by molar-refractivity contribution is 5.83. The lowest BCUT2D eigenvalue weighted by atomic mass is 10.2. The number of ether oxygens (including phenoxy) is 1. The van der Waals surface area contributed by atoms with Gasteiger partial charge in [-0.15, -0.1) is 0 Å². The molecule has 5 nitrogen and oxygen atoms in total. The molecular formula is C10H11N3O2. The summed E-state index contributed by atoms with van der Waals surface area (Å²) in [6.07, 6.45) is 0. The molecule has 0 saturated carbocycles. The number of nitrogens with one attached hydrogen (secondary N) is 1. The Morgan fingerprint density at radius 3 is 3.00 bits per heavy atom. The van der Waals surface area contributed by atoms with E-state index in [4.69, 9.17) is 10.5 Å². The molecular weight excluding hydrogens is 194 g/mol. The molecule has 0 saturated heterocycles. The fourth-order valence-electron chi connectivity index (χ4n) is 1.44. The molecule has 0 bridgehead atoms. The number of nitrogens with zero attached hydrogens (tertiary/aromatic N) is 1. The minimum atomic E-state index is -0.195. The largest absolute Gasteiger partial charge is 0.494 e. The monoisotopic (exact) mass is 205 g/mol. The summed E-state index contributed by atoms with van der Waals surface area (Å²) in [6, 6.07) is 5.21. The highest BCUT2D eigenvalue weighted by atomic mass is 16.5. The molecule has 0 aliphatic rings. The van der Waals surface area contributed by atoms with Gasteiger partial charge in [-0.25, -0.2) is 4.98 Å². The van der Waals surface area contributed by atoms with Crippen LogP contribution in [0.1, 0.15) is 5.82 Å². The van der Waals surface area contributed by atoms with Crippen LogP contribution in [0, 0.1) is 0 Å². The standard InChI is InChI=1S/C10H11N3O2/c1-15-7-4-2-3-6-9(7)12-8(5-11)13-10(6)14/h2-4H,5,11H2,1H3,(H,12,13,14). The van der Waals surface area contributed by atoms with Crippen LogP contribution in [0.4, 0.5) is 0 Å². The number of aromatic nitrogens is 2. The summed E-state index contributed by atoms with van der Waals surface area (Å²) in [5.74, 6) is 1.03. The van der Waals surface area contributed by atoms with Crippen molar-refractivity contribution < 1.29 is 4.74 Å². The lowest BCUT2D eigenvalue weighted by Crippen LogP contribution is -2.14. The Labute approximate surface area is 85.9 Å². The van der Waals surface area contributed by atoms with Crippen molar-refractivity contribution in [3.63, 3.8) is 0 Å². The number of benzene rings is 1. The maximum absolute atomic E-state index is 11.6. The van der Waals surface area contributed by atoms with Gasteiger partial charge in [0.2, 0.25) is 0 Å². The molecule has 15 heavy (non-hydrogen) atoms. The number of rotatable bonds is 2. The van der Waals surface area contributed by atoms with Crippen molar-refractivity contribution in [3.8, 4) is 5.75 Å². The maximum atomic E-state index is 11.6. The number of hydrogen-bond acceptors (Lipinski definition) is 4. The zero-order valence-corrected chi connectivity index (χ0v) is 8.28. The molecule has 78 valence electrons. The fourth-order valence-corrected chi connectivity index (χ4v) is 1.44. The van der Waals surface area contributed by atoms with Crippen LogP contribution in [-0.2, 0) is 6.54 Å². The van der Waals surface area contributed by atoms with Crippen LogP contribution in [0.25, 0.3) is 10.9 Å². The van der Waals surface area contributed by atoms with Crippen molar-refractivity contribution in [3.05, 3.63) is 34.4 Å². The van der Waals surface area contributed by atoms with Crippen molar-refractivity contribution in [2.24, 2.45) is 5.73 Å². The number of fused-ring (bicyclic) bond motifs is 1. The normalized spacial score (nSPS) is 10.5. The maximum Gasteiger partial charge on any atom is 0.258 e. The van der Waals surface area contributed by atoms with Crippen LogP contribution in [-0.4, -0.2) is 17.1 Å². The van der Waals surface area contributed by atoms with Gasteiger partial charge < -0.3 is 15.5 Å². The summed E-state index contributed by atoms with van der Waals surface area (Å²) >= 11 is 0. The number of hydrogen-bond donors (Lipinski definition) is 2. The van der Waals surface area contributed by atoms with Gasteiger partial charge in [0.05, 0.1) is 19.0 Å². The minimum Gasteiger partial charge on any atom is -0.494 e. The van der Waals surface area contributed by atoms with Crippen LogP contribution in [0.3, 0.4) is 0 Å². The molecule has 0 atom stereocenters. The second-order valence-electron chi connectivity index (χ2n) is 3.07. The van der Waals surface area contributed by atoms with Gasteiger partial charge in [-0.05, 0) is 12.1 Å². The van der Waals surface area contributed by atoms with Gasteiger partial charge in [0.15, 0.2) is 0 Å². The van der Waals surface area contributed by atoms with Crippen molar-refractivity contribution in [1.29, 1.82) is 0 Å². The van der Waals surface area contributed by atoms with E-state index in [9.17, 15) is 4.79 Å². The van der Waals surface area contributed by atoms with E-state index in [1.54, 1.807) is 25.3 Å². The molecule has 1 aromatic heterocycles. The zero-order chi connectivity index (χ0) is 10.8. The molecule has 0 aliphatic carbocycles. The van der Waals surface area contributed by atoms with Gasteiger partial charge in [-0.3, -0.25) is 4.79 Å². The zero-order valence-electron chi connectivity index (χ0n) is 8.28. The summed E-state index contributed by atoms with van der Waals surface area (Å²) in [6.45, 7) is 0.198. The number of nitrogens with two attached hydrogens (primary N) is 1. The molecule has 0 amide bonds. The van der Waals surface area contributed by atoms with E-state index >= 15 is 0 Å². The Hall–Kier alpha value is -1.88. The molecule has 0 fully saturated rings. The van der Waals surface area contributed by atoms with Crippen molar-refractivity contribution in [2.75, 3.05) is 7.11 Å². The van der Waals surface area contributed by atoms with Gasteiger partial charge in [0.25, 0.3) is 5.56 Å². The van der Waals surface area contributed by atoms with E-state index in [0.717, 1.165) is 0 Å². The average Bonchev–Trinajstić information content (AvgIpc) is 2.28. The molecule has 2 aromatic rings. The molecule has 0 radical (unpaired) electrons. The highest BCUT2D eigenvalue weighted by Crippen LogP contribution is 2.20. The molecule has 1 heterocycles. The van der Waals surface area contributed by atoms with Crippen LogP contribution < -0.4 is 16.0 Å². The van der Waals surface area contributed by atoms with E-state index < -0.39 is 0 Å². The predicted molar refractivity (Wildman–Crippen MR) is 56.8 cm³/mol. The third kappa shape index (κ3) is 1.57. The van der Waals surface area contributed by atoms with Gasteiger partial charge in [-0.1, -0.05) is 6.07 Å². The third-order valence-corrected chi connectivity index (χ3v) is 2.16. The van der Waals surface area contributed by atoms with E-state index in [0.29, 0.717) is 22.5 Å². The Morgan fingerprint density at radius 1 is 1.53 bits per heavy atom. The molecule has 5 heteroatoms. The minimum absolute atomic E-state index is 0.195. The van der Waals surface area contributed by atoms with E-state index in [1.165, 1.54) is 0 Å². The van der Waals surface area contributed by atoms with Crippen LogP contribution in [0.2, 0.25) is 0 Å². The topological polar surface area (TPSA) is 81.0 Å². The Morgan fingerprint density at radius 2 is 2.33 bits per heavy atom. The molecule has 0 spiro atoms. The Kier molecular flexibility index (Phi) is 2.39. The summed E-state index contributed by atoms with van der Waals surface area (Å²) in [4.78, 5) is 18.4. The lowest BCUT2D eigenvalue weighted by molar-refractivity contribution is 0.418. The number of H-pyrrole nitrogens is 1. The lowest BCUT2D eigenvalue weighted by Gasteiger charge is -2.04. The van der Waals surface area contributed by atoms with Crippen molar-refractivity contribution in [1.82, 2.24) is 9.97 Å². The molecule has 1 aromatic carbocycles. The van der Waals surface area contributed by atoms with Gasteiger partial charge in [-0.2, -0.15) is 0 Å². The first-order valence-corrected chi connectivity index (χ1v) is 4.52. The molecule has 2 rings (SSSR count). The van der Waals surface area contributed by atoms with Crippen molar-refractivity contribution in [2.45, 2.75) is 6.54 Å². The van der Waals surface area contributed by atoms with Gasteiger partial charge >= 0.3 is 0 Å². The molecule has 0 aliphatic heterocycles. The fraction of sp³-hybridized carbons (Fsp3) is 0.200. The Balaban J connectivity index is 2.85. The first-order chi connectivity index (χ1) is 7.26. The van der Waals surface area contributed by atoms with Crippen LogP contribution in [0.5, 0.6) is 5.75 Å². The number of para-hydroxylation sites is 1. The van der Waals surface area contributed by atoms with E-state index in [2.05, 4.69) is 9.97 Å². The van der Waals surface area contributed by atoms with Gasteiger partial charge in [0, 0.05) is 0 Å². The van der Waals surface area contributed by atoms with Crippen molar-refractivity contribution >= 4 is 10.9 Å². The van der Waals surface area contributed by atoms with E-state index in [-0.39, 0.29) is 12.1 Å². The second kappa shape index (κ2) is 3.70. The summed E-state index contributed by atoms with van der Waals surface area (Å²) in [5, 5.41) is 0.506. The second-order valence-corrected chi connectivity index (χ2v) is 3.07. The van der Waals surface area contributed by atoms with Gasteiger partial charge in [0.1, 0.15) is 17.1 Å². The summed E-state index contributed by atoms with van der Waals surface area (Å²) < 4.78 is 5.13. The van der Waals surface area contributed by atoms with Crippen LogP contribution in [0.15, 0.2) is 23.0 Å². The highest BCUT2D eigenvalue weighted by Gasteiger charge is 2.06. The first-order valence-electron chi connectivity index (χ1n) is 4.52. The third-order valence-electron chi connectivity index (χ3n) is 2.16. The quantitative estimate of drug-likeness (QED) is 0.743. The first kappa shape index (κ1) is 9.67. The summed E-state index contributed by atoms with van der Waals surface area (Å²) in [7, 11) is 1.54. The SMILES string of the molecule is COc1cccc2c(=O)[nH]c(CN)nc12. The molecule has 0 unspecified atom stereocenters. The van der Waals surface area contributed by atoms with E-state index in [1.807, 2.05) is 0 Å².